The lowest BCUT2D eigenvalue weighted by molar-refractivity contribution is 0.0987. The molecule has 29 heavy (non-hydrogen) atoms. The first-order valence-electron chi connectivity index (χ1n) is 8.37. The zero-order valence-corrected chi connectivity index (χ0v) is 15.8. The highest BCUT2D eigenvalue weighted by Crippen LogP contribution is 2.44. The number of hydrogen-bond acceptors (Lipinski definition) is 7. The van der Waals surface area contributed by atoms with E-state index < -0.39 is 25.1 Å². The van der Waals surface area contributed by atoms with E-state index in [0.717, 1.165) is 12.1 Å². The minimum atomic E-state index is -4.40. The van der Waals surface area contributed by atoms with E-state index in [0.29, 0.717) is 5.56 Å². The molecule has 3 aromatic carbocycles. The van der Waals surface area contributed by atoms with E-state index in [1.807, 2.05) is 0 Å². The van der Waals surface area contributed by atoms with Gasteiger partial charge >= 0.3 is 7.82 Å². The number of phosphoric ester groups is 1. The molecule has 0 saturated carbocycles. The Bertz CT molecular complexity index is 1040. The highest BCUT2D eigenvalue weighted by molar-refractivity contribution is 7.48. The zero-order valence-electron chi connectivity index (χ0n) is 14.9. The molecule has 4 N–H and O–H groups in total. The van der Waals surface area contributed by atoms with Gasteiger partial charge in [0.1, 0.15) is 34.3 Å². The Balaban J connectivity index is 1.67. The summed E-state index contributed by atoms with van der Waals surface area (Å²) in [6.07, 6.45) is -0.163. The summed E-state index contributed by atoms with van der Waals surface area (Å²) in [5.74, 6) is -1.79. The van der Waals surface area contributed by atoms with E-state index in [1.54, 1.807) is 18.2 Å². The van der Waals surface area contributed by atoms with E-state index in [9.17, 15) is 29.6 Å². The molecule has 0 amide bonds. The van der Waals surface area contributed by atoms with Crippen molar-refractivity contribution in [2.45, 2.75) is 6.42 Å². The Morgan fingerprint density at radius 1 is 0.828 bits per heavy atom. The van der Waals surface area contributed by atoms with Crippen LogP contribution in [0.3, 0.4) is 0 Å². The summed E-state index contributed by atoms with van der Waals surface area (Å²) in [5, 5.41) is 28.9. The molecular formula is C20H17O8P. The van der Waals surface area contributed by atoms with Crippen LogP contribution in [0.25, 0.3) is 0 Å². The summed E-state index contributed by atoms with van der Waals surface area (Å²) in [6.45, 7) is 0. The first kappa shape index (κ1) is 20.3. The van der Waals surface area contributed by atoms with Gasteiger partial charge in [0, 0.05) is 18.6 Å². The van der Waals surface area contributed by atoms with Gasteiger partial charge in [-0.05, 0) is 29.8 Å². The molecular weight excluding hydrogens is 399 g/mol. The third-order valence-corrected chi connectivity index (χ3v) is 4.72. The van der Waals surface area contributed by atoms with Gasteiger partial charge in [0.2, 0.25) is 0 Å². The molecule has 1 atom stereocenters. The fourth-order valence-electron chi connectivity index (χ4n) is 2.59. The zero-order chi connectivity index (χ0) is 21.0. The third-order valence-electron chi connectivity index (χ3n) is 3.83. The molecule has 0 aliphatic carbocycles. The van der Waals surface area contributed by atoms with Gasteiger partial charge in [0.05, 0.1) is 0 Å². The normalized spacial score (nSPS) is 12.7. The summed E-state index contributed by atoms with van der Waals surface area (Å²) in [6, 6.07) is 15.7. The standard InChI is InChI=1S/C20H17O8P/c21-14-11-18(23)20(19(24)12-14)17(22)10-13-6-8-16(9-7-13)28-29(25,26)27-15-4-2-1-3-5-15/h1-9,11-12,21,23-24H,10H2,(H,25,26). The van der Waals surface area contributed by atoms with E-state index in [4.69, 9.17) is 9.05 Å². The summed E-state index contributed by atoms with van der Waals surface area (Å²) in [7, 11) is -4.40. The number of hydrogen-bond donors (Lipinski definition) is 4. The van der Waals surface area contributed by atoms with Gasteiger partial charge in [0.15, 0.2) is 5.78 Å². The van der Waals surface area contributed by atoms with E-state index in [-0.39, 0.29) is 29.2 Å². The third kappa shape index (κ3) is 5.28. The molecule has 150 valence electrons. The monoisotopic (exact) mass is 416 g/mol. The summed E-state index contributed by atoms with van der Waals surface area (Å²) < 4.78 is 22.0. The van der Waals surface area contributed by atoms with Crippen molar-refractivity contribution in [3.05, 3.63) is 77.9 Å². The number of benzene rings is 3. The van der Waals surface area contributed by atoms with Crippen molar-refractivity contribution in [2.75, 3.05) is 0 Å². The van der Waals surface area contributed by atoms with Gasteiger partial charge in [-0.1, -0.05) is 30.3 Å². The van der Waals surface area contributed by atoms with Crippen LogP contribution in [0.15, 0.2) is 66.7 Å². The Hall–Kier alpha value is -3.48. The predicted molar refractivity (Wildman–Crippen MR) is 103 cm³/mol. The number of phenolic OH excluding ortho intramolecular Hbond substituents is 3. The maximum absolute atomic E-state index is 12.3. The number of para-hydroxylation sites is 1. The minimum Gasteiger partial charge on any atom is -0.508 e. The van der Waals surface area contributed by atoms with Gasteiger partial charge in [0.25, 0.3) is 0 Å². The molecule has 8 nitrogen and oxygen atoms in total. The van der Waals surface area contributed by atoms with E-state index >= 15 is 0 Å². The van der Waals surface area contributed by atoms with Crippen LogP contribution < -0.4 is 9.05 Å². The molecule has 0 spiro atoms. The average molecular weight is 416 g/mol. The Morgan fingerprint density at radius 3 is 1.90 bits per heavy atom. The lowest BCUT2D eigenvalue weighted by Crippen LogP contribution is -2.05. The van der Waals surface area contributed by atoms with Crippen LogP contribution in [-0.4, -0.2) is 26.0 Å². The van der Waals surface area contributed by atoms with Crippen LogP contribution in [0.1, 0.15) is 15.9 Å². The molecule has 0 heterocycles. The Kier molecular flexibility index (Phi) is 5.77. The van der Waals surface area contributed by atoms with Crippen LogP contribution in [0.2, 0.25) is 0 Å². The van der Waals surface area contributed by atoms with Crippen LogP contribution >= 0.6 is 7.82 Å². The number of phosphoric acid groups is 1. The quantitative estimate of drug-likeness (QED) is 0.338. The second-order valence-electron chi connectivity index (χ2n) is 6.07. The van der Waals surface area contributed by atoms with Crippen molar-refractivity contribution in [3.63, 3.8) is 0 Å². The van der Waals surface area contributed by atoms with Gasteiger partial charge in [-0.2, -0.15) is 0 Å². The minimum absolute atomic E-state index is 0.0540. The first-order valence-corrected chi connectivity index (χ1v) is 9.87. The van der Waals surface area contributed by atoms with Crippen molar-refractivity contribution >= 4 is 13.6 Å². The van der Waals surface area contributed by atoms with Crippen molar-refractivity contribution in [1.29, 1.82) is 0 Å². The molecule has 9 heteroatoms. The number of rotatable bonds is 7. The summed E-state index contributed by atoms with van der Waals surface area (Å²) in [4.78, 5) is 22.2. The molecule has 0 aliphatic heterocycles. The highest BCUT2D eigenvalue weighted by atomic mass is 31.2. The second kappa shape index (κ2) is 8.26. The molecule has 0 radical (unpaired) electrons. The van der Waals surface area contributed by atoms with Crippen LogP contribution in [0.4, 0.5) is 0 Å². The fraction of sp³-hybridized carbons (Fsp3) is 0.0500. The van der Waals surface area contributed by atoms with Crippen molar-refractivity contribution in [3.8, 4) is 28.7 Å². The molecule has 0 bridgehead atoms. The van der Waals surface area contributed by atoms with Gasteiger partial charge < -0.3 is 24.4 Å². The predicted octanol–water partition coefficient (Wildman–Crippen LogP) is 3.79. The average Bonchev–Trinajstić information content (AvgIpc) is 2.62. The van der Waals surface area contributed by atoms with E-state index in [1.165, 1.54) is 36.4 Å². The highest BCUT2D eigenvalue weighted by Gasteiger charge is 2.25. The second-order valence-corrected chi connectivity index (χ2v) is 7.37. The molecule has 0 aliphatic rings. The van der Waals surface area contributed by atoms with Gasteiger partial charge in [-0.25, -0.2) is 4.57 Å². The molecule has 3 rings (SSSR count). The molecule has 1 unspecified atom stereocenters. The maximum Gasteiger partial charge on any atom is 0.584 e. The number of ketones is 1. The smallest absolute Gasteiger partial charge is 0.508 e. The molecule has 3 aromatic rings. The van der Waals surface area contributed by atoms with Crippen molar-refractivity contribution < 1.29 is 38.6 Å². The van der Waals surface area contributed by atoms with Crippen molar-refractivity contribution in [1.82, 2.24) is 0 Å². The first-order chi connectivity index (χ1) is 13.7. The SMILES string of the molecule is O=C(Cc1ccc(OP(=O)(O)Oc2ccccc2)cc1)c1c(O)cc(O)cc1O. The number of carbonyl (C=O) groups is 1. The Labute approximate surface area is 165 Å². The molecule has 0 aromatic heterocycles. The molecule has 0 fully saturated rings. The topological polar surface area (TPSA) is 134 Å². The largest absolute Gasteiger partial charge is 0.584 e. The van der Waals surface area contributed by atoms with E-state index in [2.05, 4.69) is 0 Å². The number of carbonyl (C=O) groups excluding carboxylic acids is 1. The molecule has 0 saturated heterocycles. The Morgan fingerprint density at radius 2 is 1.34 bits per heavy atom. The maximum atomic E-state index is 12.3. The van der Waals surface area contributed by atoms with Crippen LogP contribution in [0, 0.1) is 0 Å². The van der Waals surface area contributed by atoms with Crippen molar-refractivity contribution in [2.24, 2.45) is 0 Å². The number of Topliss-reactive ketones (excluding diaryl/α,β-unsaturated/α-hetero) is 1. The lowest BCUT2D eigenvalue weighted by atomic mass is 10.0. The fourth-order valence-corrected chi connectivity index (χ4v) is 3.40. The summed E-state index contributed by atoms with van der Waals surface area (Å²) in [5.41, 5.74) is 0.199. The van der Waals surface area contributed by atoms with Gasteiger partial charge in [-0.3, -0.25) is 9.69 Å². The summed E-state index contributed by atoms with van der Waals surface area (Å²) >= 11 is 0. The number of phenols is 3. The van der Waals surface area contributed by atoms with Crippen LogP contribution in [-0.2, 0) is 11.0 Å². The van der Waals surface area contributed by atoms with Gasteiger partial charge in [-0.15, -0.1) is 0 Å². The number of aromatic hydroxyl groups is 3. The lowest BCUT2D eigenvalue weighted by Gasteiger charge is -2.14. The van der Waals surface area contributed by atoms with Crippen LogP contribution in [0.5, 0.6) is 28.7 Å².